The molecule has 1 N–H and O–H groups in total. The Labute approximate surface area is 150 Å². The summed E-state index contributed by atoms with van der Waals surface area (Å²) >= 11 is 0. The molecule has 0 radical (unpaired) electrons. The lowest BCUT2D eigenvalue weighted by molar-refractivity contribution is -0.000915. The van der Waals surface area contributed by atoms with Crippen molar-refractivity contribution in [2.24, 2.45) is 11.8 Å². The van der Waals surface area contributed by atoms with Crippen LogP contribution in [0.5, 0.6) is 11.5 Å². The fourth-order valence-electron chi connectivity index (χ4n) is 3.64. The van der Waals surface area contributed by atoms with Crippen molar-refractivity contribution in [2.75, 3.05) is 33.0 Å². The van der Waals surface area contributed by atoms with E-state index in [1.54, 1.807) is 0 Å². The van der Waals surface area contributed by atoms with Gasteiger partial charge in [-0.1, -0.05) is 19.9 Å². The molecule has 0 aliphatic carbocycles. The summed E-state index contributed by atoms with van der Waals surface area (Å²) in [5.41, 5.74) is 1.03. The molecule has 1 fully saturated rings. The van der Waals surface area contributed by atoms with Crippen molar-refractivity contribution >= 4 is 12.4 Å². The first-order valence-corrected chi connectivity index (χ1v) is 8.47. The van der Waals surface area contributed by atoms with Crippen LogP contribution in [0.4, 0.5) is 0 Å². The minimum atomic E-state index is -0.443. The Hall–Kier alpha value is -1.01. The fourth-order valence-corrected chi connectivity index (χ4v) is 3.64. The molecule has 6 heteroatoms. The van der Waals surface area contributed by atoms with E-state index >= 15 is 0 Å². The Kier molecular flexibility index (Phi) is 7.16. The Bertz CT molecular complexity index is 518. The maximum Gasteiger partial charge on any atom is 0.231 e. The summed E-state index contributed by atoms with van der Waals surface area (Å²) in [5.74, 6) is 2.96. The number of hydrogen-bond donors (Lipinski definition) is 1. The molecule has 0 amide bonds. The number of likely N-dealkylation sites (tertiary alicyclic amines) is 1. The lowest BCUT2D eigenvalue weighted by Crippen LogP contribution is -2.43. The number of aliphatic hydroxyl groups excluding tert-OH is 1. The van der Waals surface area contributed by atoms with E-state index in [0.29, 0.717) is 31.6 Å². The summed E-state index contributed by atoms with van der Waals surface area (Å²) in [4.78, 5) is 2.35. The van der Waals surface area contributed by atoms with Crippen LogP contribution in [0.2, 0.25) is 0 Å². The molecule has 24 heavy (non-hydrogen) atoms. The smallest absolute Gasteiger partial charge is 0.231 e. The molecule has 0 spiro atoms. The number of hydrogen-bond acceptors (Lipinski definition) is 5. The predicted molar refractivity (Wildman–Crippen MR) is 94.9 cm³/mol. The molecule has 3 rings (SSSR count). The number of halogens is 1. The van der Waals surface area contributed by atoms with Crippen molar-refractivity contribution in [3.05, 3.63) is 23.8 Å². The summed E-state index contributed by atoms with van der Waals surface area (Å²) in [6.45, 7) is 8.51. The van der Waals surface area contributed by atoms with Crippen LogP contribution in [0.15, 0.2) is 18.2 Å². The van der Waals surface area contributed by atoms with Gasteiger partial charge in [0.1, 0.15) is 0 Å². The van der Waals surface area contributed by atoms with E-state index in [1.165, 1.54) is 6.42 Å². The van der Waals surface area contributed by atoms with E-state index in [2.05, 4.69) is 18.7 Å². The summed E-state index contributed by atoms with van der Waals surface area (Å²) in [6, 6.07) is 5.80. The molecule has 3 unspecified atom stereocenters. The third-order valence-electron chi connectivity index (χ3n) is 4.43. The molecule has 1 aromatic carbocycles. The number of β-amino-alcohol motifs (C(OH)–C–C–N with tert-alkyl or cyclic N) is 1. The molecule has 0 aromatic heterocycles. The van der Waals surface area contributed by atoms with Crippen molar-refractivity contribution < 1.29 is 19.3 Å². The Morgan fingerprint density at radius 1 is 1.21 bits per heavy atom. The molecular formula is C18H28ClNO4. The van der Waals surface area contributed by atoms with E-state index in [9.17, 15) is 5.11 Å². The van der Waals surface area contributed by atoms with Crippen molar-refractivity contribution in [1.29, 1.82) is 0 Å². The number of ether oxygens (including phenoxy) is 3. The summed E-state index contributed by atoms with van der Waals surface area (Å²) in [6.07, 6.45) is 0.842. The van der Waals surface area contributed by atoms with Gasteiger partial charge in [-0.2, -0.15) is 0 Å². The van der Waals surface area contributed by atoms with Crippen molar-refractivity contribution in [2.45, 2.75) is 33.0 Å². The van der Waals surface area contributed by atoms with Crippen LogP contribution in [-0.4, -0.2) is 49.1 Å². The van der Waals surface area contributed by atoms with E-state index in [1.807, 2.05) is 18.2 Å². The molecule has 2 aliphatic rings. The quantitative estimate of drug-likeness (QED) is 0.848. The minimum absolute atomic E-state index is 0. The molecular weight excluding hydrogens is 330 g/mol. The van der Waals surface area contributed by atoms with E-state index < -0.39 is 6.10 Å². The fraction of sp³-hybridized carbons (Fsp3) is 0.667. The van der Waals surface area contributed by atoms with Gasteiger partial charge in [0.2, 0.25) is 6.79 Å². The van der Waals surface area contributed by atoms with Gasteiger partial charge in [-0.05, 0) is 36.0 Å². The molecule has 0 bridgehead atoms. The van der Waals surface area contributed by atoms with Crippen molar-refractivity contribution in [3.63, 3.8) is 0 Å². The molecule has 1 saturated heterocycles. The van der Waals surface area contributed by atoms with E-state index in [0.717, 1.165) is 30.2 Å². The van der Waals surface area contributed by atoms with E-state index in [4.69, 9.17) is 14.2 Å². The molecule has 5 nitrogen and oxygen atoms in total. The first-order valence-electron chi connectivity index (χ1n) is 8.47. The topological polar surface area (TPSA) is 51.2 Å². The maximum absolute atomic E-state index is 10.2. The minimum Gasteiger partial charge on any atom is -0.454 e. The molecule has 2 heterocycles. The highest BCUT2D eigenvalue weighted by Crippen LogP contribution is 2.32. The first kappa shape index (κ1) is 19.3. The van der Waals surface area contributed by atoms with Gasteiger partial charge in [-0.3, -0.25) is 0 Å². The van der Waals surface area contributed by atoms with Crippen LogP contribution in [-0.2, 0) is 11.3 Å². The van der Waals surface area contributed by atoms with Gasteiger partial charge in [-0.25, -0.2) is 0 Å². The standard InChI is InChI=1S/C18H27NO4.ClH/c1-13-5-14(2)8-19(7-13)9-16(20)11-21-10-15-3-4-17-18(6-15)23-12-22-17;/h3-4,6,13-14,16,20H,5,7-12H2,1-2H3;1H. The second-order valence-electron chi connectivity index (χ2n) is 7.02. The number of aliphatic hydroxyl groups is 1. The largest absolute Gasteiger partial charge is 0.454 e. The second-order valence-corrected chi connectivity index (χ2v) is 7.02. The highest BCUT2D eigenvalue weighted by molar-refractivity contribution is 5.85. The van der Waals surface area contributed by atoms with Crippen molar-refractivity contribution in [3.8, 4) is 11.5 Å². The Morgan fingerprint density at radius 2 is 1.92 bits per heavy atom. The molecule has 1 aromatic rings. The summed E-state index contributed by atoms with van der Waals surface area (Å²) < 4.78 is 16.3. The van der Waals surface area contributed by atoms with Crippen LogP contribution in [0.25, 0.3) is 0 Å². The van der Waals surface area contributed by atoms with Gasteiger partial charge in [0.05, 0.1) is 19.3 Å². The Balaban J connectivity index is 0.00000208. The predicted octanol–water partition coefficient (Wildman–Crippen LogP) is 2.69. The summed E-state index contributed by atoms with van der Waals surface area (Å²) in [5, 5.41) is 10.2. The summed E-state index contributed by atoms with van der Waals surface area (Å²) in [7, 11) is 0. The number of rotatable bonds is 6. The SMILES string of the molecule is CC1CC(C)CN(CC(O)COCc2ccc3c(c2)OCO3)C1.Cl. The zero-order valence-corrected chi connectivity index (χ0v) is 15.3. The monoisotopic (exact) mass is 357 g/mol. The third kappa shape index (κ3) is 5.24. The van der Waals surface area contributed by atoms with Crippen LogP contribution in [0, 0.1) is 11.8 Å². The van der Waals surface area contributed by atoms with Crippen molar-refractivity contribution in [1.82, 2.24) is 4.90 Å². The number of fused-ring (bicyclic) bond motifs is 1. The third-order valence-corrected chi connectivity index (χ3v) is 4.43. The normalized spacial score (nSPS) is 24.5. The van der Waals surface area contributed by atoms with Gasteiger partial charge in [0, 0.05) is 19.6 Å². The first-order chi connectivity index (χ1) is 11.1. The zero-order chi connectivity index (χ0) is 16.2. The lowest BCUT2D eigenvalue weighted by Gasteiger charge is -2.35. The highest BCUT2D eigenvalue weighted by atomic mass is 35.5. The number of benzene rings is 1. The van der Waals surface area contributed by atoms with Gasteiger partial charge in [-0.15, -0.1) is 12.4 Å². The average molecular weight is 358 g/mol. The average Bonchev–Trinajstić information content (AvgIpc) is 2.93. The molecule has 136 valence electrons. The number of nitrogens with zero attached hydrogens (tertiary/aromatic N) is 1. The number of piperidine rings is 1. The van der Waals surface area contributed by atoms with Gasteiger partial charge < -0.3 is 24.2 Å². The lowest BCUT2D eigenvalue weighted by atomic mass is 9.92. The van der Waals surface area contributed by atoms with Crippen LogP contribution >= 0.6 is 12.4 Å². The maximum atomic E-state index is 10.2. The van der Waals surface area contributed by atoms with Gasteiger partial charge >= 0.3 is 0 Å². The van der Waals surface area contributed by atoms with Crippen LogP contribution < -0.4 is 9.47 Å². The molecule has 0 saturated carbocycles. The van der Waals surface area contributed by atoms with Crippen LogP contribution in [0.3, 0.4) is 0 Å². The second kappa shape index (κ2) is 8.90. The molecule has 3 atom stereocenters. The van der Waals surface area contributed by atoms with Gasteiger partial charge in [0.25, 0.3) is 0 Å². The Morgan fingerprint density at radius 3 is 2.67 bits per heavy atom. The zero-order valence-electron chi connectivity index (χ0n) is 14.4. The van der Waals surface area contributed by atoms with Crippen LogP contribution in [0.1, 0.15) is 25.8 Å². The van der Waals surface area contributed by atoms with E-state index in [-0.39, 0.29) is 19.2 Å². The highest BCUT2D eigenvalue weighted by Gasteiger charge is 2.23. The molecule has 2 aliphatic heterocycles. The van der Waals surface area contributed by atoms with Gasteiger partial charge in [0.15, 0.2) is 11.5 Å².